The van der Waals surface area contributed by atoms with Crippen LogP contribution in [0.1, 0.15) is 11.1 Å². The summed E-state index contributed by atoms with van der Waals surface area (Å²) < 4.78 is 10.1. The SMILES string of the molecule is COc1ncc(CN)cc1C1(O)COC1. The summed E-state index contributed by atoms with van der Waals surface area (Å²) in [4.78, 5) is 4.10. The third kappa shape index (κ3) is 1.69. The van der Waals surface area contributed by atoms with Crippen molar-refractivity contribution in [2.45, 2.75) is 12.1 Å². The Labute approximate surface area is 87.8 Å². The van der Waals surface area contributed by atoms with Crippen molar-refractivity contribution in [2.24, 2.45) is 5.73 Å². The van der Waals surface area contributed by atoms with Crippen LogP contribution in [0.4, 0.5) is 0 Å². The smallest absolute Gasteiger partial charge is 0.219 e. The minimum atomic E-state index is -0.969. The fourth-order valence-corrected chi connectivity index (χ4v) is 1.55. The quantitative estimate of drug-likeness (QED) is 0.720. The molecule has 0 amide bonds. The first-order chi connectivity index (χ1) is 7.19. The van der Waals surface area contributed by atoms with E-state index in [2.05, 4.69) is 4.98 Å². The summed E-state index contributed by atoms with van der Waals surface area (Å²) in [5, 5.41) is 10.1. The molecule has 3 N–H and O–H groups in total. The topological polar surface area (TPSA) is 77.6 Å². The lowest BCUT2D eigenvalue weighted by molar-refractivity contribution is -0.185. The van der Waals surface area contributed by atoms with Crippen LogP contribution in [-0.2, 0) is 16.9 Å². The van der Waals surface area contributed by atoms with E-state index < -0.39 is 5.60 Å². The first kappa shape index (κ1) is 10.4. The van der Waals surface area contributed by atoms with Crippen LogP contribution >= 0.6 is 0 Å². The van der Waals surface area contributed by atoms with Crippen molar-refractivity contribution in [3.05, 3.63) is 23.4 Å². The molecular weight excluding hydrogens is 196 g/mol. The van der Waals surface area contributed by atoms with Gasteiger partial charge in [0.05, 0.1) is 25.9 Å². The first-order valence-corrected chi connectivity index (χ1v) is 4.73. The summed E-state index contributed by atoms with van der Waals surface area (Å²) in [6.45, 7) is 0.944. The van der Waals surface area contributed by atoms with Gasteiger partial charge in [-0.3, -0.25) is 0 Å². The van der Waals surface area contributed by atoms with E-state index in [1.54, 1.807) is 6.20 Å². The normalized spacial score (nSPS) is 18.3. The standard InChI is InChI=1S/C10H14N2O3/c1-14-9-8(10(13)5-15-6-10)2-7(3-11)4-12-9/h2,4,13H,3,5-6,11H2,1H3. The minimum Gasteiger partial charge on any atom is -0.481 e. The van der Waals surface area contributed by atoms with E-state index in [1.807, 2.05) is 6.07 Å². The van der Waals surface area contributed by atoms with Gasteiger partial charge in [-0.2, -0.15) is 0 Å². The van der Waals surface area contributed by atoms with Gasteiger partial charge in [-0.25, -0.2) is 4.98 Å². The predicted octanol–water partition coefficient (Wildman–Crippen LogP) is -0.233. The van der Waals surface area contributed by atoms with Crippen molar-refractivity contribution >= 4 is 0 Å². The maximum absolute atomic E-state index is 10.1. The molecule has 1 fully saturated rings. The molecule has 0 bridgehead atoms. The number of methoxy groups -OCH3 is 1. The van der Waals surface area contributed by atoms with Gasteiger partial charge in [-0.15, -0.1) is 0 Å². The Hall–Kier alpha value is -1.17. The highest BCUT2D eigenvalue weighted by Crippen LogP contribution is 2.34. The van der Waals surface area contributed by atoms with E-state index in [0.717, 1.165) is 5.56 Å². The van der Waals surface area contributed by atoms with Crippen LogP contribution < -0.4 is 10.5 Å². The Morgan fingerprint density at radius 3 is 2.87 bits per heavy atom. The molecule has 1 aromatic heterocycles. The van der Waals surface area contributed by atoms with E-state index in [4.69, 9.17) is 15.2 Å². The summed E-state index contributed by atoms with van der Waals surface area (Å²) in [5.74, 6) is 0.429. The molecule has 82 valence electrons. The number of pyridine rings is 1. The number of ether oxygens (including phenoxy) is 2. The van der Waals surface area contributed by atoms with Crippen molar-refractivity contribution in [1.82, 2.24) is 4.98 Å². The van der Waals surface area contributed by atoms with Crippen LogP contribution in [0, 0.1) is 0 Å². The Balaban J connectivity index is 2.41. The van der Waals surface area contributed by atoms with Crippen molar-refractivity contribution in [2.75, 3.05) is 20.3 Å². The fraction of sp³-hybridized carbons (Fsp3) is 0.500. The maximum Gasteiger partial charge on any atom is 0.219 e. The van der Waals surface area contributed by atoms with Crippen molar-refractivity contribution in [1.29, 1.82) is 0 Å². The molecule has 2 heterocycles. The van der Waals surface area contributed by atoms with Crippen LogP contribution in [0.2, 0.25) is 0 Å². The number of aliphatic hydroxyl groups is 1. The lowest BCUT2D eigenvalue weighted by Crippen LogP contribution is -2.46. The second-order valence-electron chi connectivity index (χ2n) is 3.63. The van der Waals surface area contributed by atoms with Crippen LogP contribution in [0.3, 0.4) is 0 Å². The van der Waals surface area contributed by atoms with Gasteiger partial charge in [0, 0.05) is 12.7 Å². The third-order valence-electron chi connectivity index (χ3n) is 2.52. The van der Waals surface area contributed by atoms with Crippen molar-refractivity contribution in [3.8, 4) is 5.88 Å². The summed E-state index contributed by atoms with van der Waals surface area (Å²) in [7, 11) is 1.52. The second-order valence-corrected chi connectivity index (χ2v) is 3.63. The molecule has 0 atom stereocenters. The average molecular weight is 210 g/mol. The molecule has 1 saturated heterocycles. The zero-order chi connectivity index (χ0) is 10.9. The van der Waals surface area contributed by atoms with Crippen molar-refractivity contribution in [3.63, 3.8) is 0 Å². The van der Waals surface area contributed by atoms with E-state index in [-0.39, 0.29) is 13.2 Å². The van der Waals surface area contributed by atoms with Crippen LogP contribution in [0.25, 0.3) is 0 Å². The molecule has 0 spiro atoms. The number of aromatic nitrogens is 1. The molecule has 1 aliphatic heterocycles. The molecule has 0 aromatic carbocycles. The van der Waals surface area contributed by atoms with Crippen molar-refractivity contribution < 1.29 is 14.6 Å². The lowest BCUT2D eigenvalue weighted by atomic mass is 9.92. The van der Waals surface area contributed by atoms with E-state index in [9.17, 15) is 5.11 Å². The summed E-state index contributed by atoms with van der Waals surface area (Å²) >= 11 is 0. The van der Waals surface area contributed by atoms with Gasteiger partial charge in [-0.05, 0) is 11.6 Å². The zero-order valence-electron chi connectivity index (χ0n) is 8.56. The maximum atomic E-state index is 10.1. The minimum absolute atomic E-state index is 0.277. The number of hydrogen-bond donors (Lipinski definition) is 2. The highest BCUT2D eigenvalue weighted by atomic mass is 16.5. The summed E-state index contributed by atoms with van der Waals surface area (Å²) in [5.41, 5.74) is 6.07. The van der Waals surface area contributed by atoms with Crippen LogP contribution in [0.15, 0.2) is 12.3 Å². The molecule has 1 aromatic rings. The largest absolute Gasteiger partial charge is 0.481 e. The number of nitrogens with two attached hydrogens (primary N) is 1. The molecule has 5 nitrogen and oxygen atoms in total. The zero-order valence-corrected chi connectivity index (χ0v) is 8.56. The predicted molar refractivity (Wildman–Crippen MR) is 53.4 cm³/mol. The molecule has 0 saturated carbocycles. The van der Waals surface area contributed by atoms with Gasteiger partial charge in [-0.1, -0.05) is 0 Å². The molecule has 5 heteroatoms. The molecule has 0 aliphatic carbocycles. The summed E-state index contributed by atoms with van der Waals surface area (Å²) in [6.07, 6.45) is 1.64. The fourth-order valence-electron chi connectivity index (χ4n) is 1.55. The average Bonchev–Trinajstić information content (AvgIpc) is 2.25. The van der Waals surface area contributed by atoms with E-state index in [1.165, 1.54) is 7.11 Å². The lowest BCUT2D eigenvalue weighted by Gasteiger charge is -2.37. The highest BCUT2D eigenvalue weighted by Gasteiger charge is 2.41. The van der Waals surface area contributed by atoms with Gasteiger partial charge < -0.3 is 20.3 Å². The highest BCUT2D eigenvalue weighted by molar-refractivity contribution is 5.36. The van der Waals surface area contributed by atoms with Gasteiger partial charge >= 0.3 is 0 Å². The molecule has 2 rings (SSSR count). The molecular formula is C10H14N2O3. The Kier molecular flexibility index (Phi) is 2.60. The molecule has 1 aliphatic rings. The first-order valence-electron chi connectivity index (χ1n) is 4.73. The Morgan fingerprint density at radius 1 is 1.67 bits per heavy atom. The number of rotatable bonds is 3. The van der Waals surface area contributed by atoms with Gasteiger partial charge in [0.15, 0.2) is 0 Å². The monoisotopic (exact) mass is 210 g/mol. The second kappa shape index (κ2) is 3.77. The number of nitrogens with zero attached hydrogens (tertiary/aromatic N) is 1. The Bertz CT molecular complexity index is 364. The van der Waals surface area contributed by atoms with E-state index >= 15 is 0 Å². The molecule has 15 heavy (non-hydrogen) atoms. The van der Waals surface area contributed by atoms with Gasteiger partial charge in [0.25, 0.3) is 0 Å². The Morgan fingerprint density at radius 2 is 2.40 bits per heavy atom. The van der Waals surface area contributed by atoms with Gasteiger partial charge in [0.1, 0.15) is 5.60 Å². The van der Waals surface area contributed by atoms with Crippen LogP contribution in [0.5, 0.6) is 5.88 Å². The third-order valence-corrected chi connectivity index (χ3v) is 2.52. The molecule has 0 unspecified atom stereocenters. The van der Waals surface area contributed by atoms with Gasteiger partial charge in [0.2, 0.25) is 5.88 Å². The molecule has 0 radical (unpaired) electrons. The van der Waals surface area contributed by atoms with Crippen LogP contribution in [-0.4, -0.2) is 30.4 Å². The summed E-state index contributed by atoms with van der Waals surface area (Å²) in [6, 6.07) is 1.81. The number of hydrogen-bond acceptors (Lipinski definition) is 5. The van der Waals surface area contributed by atoms with E-state index in [0.29, 0.717) is 18.0 Å².